The number of carbonyl (C=O) groups excluding carboxylic acids is 2. The molecule has 32 heavy (non-hydrogen) atoms. The molecule has 0 saturated carbocycles. The molecule has 10 heteroatoms. The van der Waals surface area contributed by atoms with Gasteiger partial charge >= 0.3 is 6.18 Å². The lowest BCUT2D eigenvalue weighted by Crippen LogP contribution is -2.28. The number of fused-ring (bicyclic) bond motifs is 1. The molecule has 1 aromatic carbocycles. The van der Waals surface area contributed by atoms with E-state index in [0.717, 1.165) is 6.07 Å². The van der Waals surface area contributed by atoms with E-state index >= 15 is 0 Å². The van der Waals surface area contributed by atoms with E-state index in [1.807, 2.05) is 0 Å². The number of benzene rings is 1. The summed E-state index contributed by atoms with van der Waals surface area (Å²) in [4.78, 5) is 32.2. The Balaban J connectivity index is 1.60. The van der Waals surface area contributed by atoms with Crippen LogP contribution in [0.1, 0.15) is 29.8 Å². The van der Waals surface area contributed by atoms with E-state index in [2.05, 4.69) is 20.6 Å². The van der Waals surface area contributed by atoms with E-state index < -0.39 is 17.6 Å². The van der Waals surface area contributed by atoms with Crippen LogP contribution in [0, 0.1) is 5.92 Å². The number of hydrogen-bond donors (Lipinski definition) is 2. The third kappa shape index (κ3) is 5.71. The molecule has 0 aliphatic heterocycles. The van der Waals surface area contributed by atoms with Crippen LogP contribution in [0.15, 0.2) is 48.7 Å². The lowest BCUT2D eigenvalue weighted by Gasteiger charge is -2.13. The van der Waals surface area contributed by atoms with Crippen LogP contribution < -0.4 is 15.4 Å². The third-order valence-electron chi connectivity index (χ3n) is 4.43. The van der Waals surface area contributed by atoms with E-state index in [9.17, 15) is 22.8 Å². The molecule has 0 atom stereocenters. The topological polar surface area (TPSA) is 93.2 Å². The Bertz CT molecular complexity index is 1130. The maximum absolute atomic E-state index is 13.4. The SMILES string of the molecule is CC(C)C(=O)Nc1cc(C(=O)NCCOc2cc(C(F)(F)F)c3ccccc3n2)ccn1. The van der Waals surface area contributed by atoms with Crippen LogP contribution in [0.3, 0.4) is 0 Å². The number of halogens is 3. The summed E-state index contributed by atoms with van der Waals surface area (Å²) in [6.45, 7) is 3.41. The van der Waals surface area contributed by atoms with Gasteiger partial charge in [-0.3, -0.25) is 9.59 Å². The molecule has 168 valence electrons. The summed E-state index contributed by atoms with van der Waals surface area (Å²) >= 11 is 0. The van der Waals surface area contributed by atoms with Crippen molar-refractivity contribution in [3.05, 3.63) is 59.8 Å². The van der Waals surface area contributed by atoms with Crippen molar-refractivity contribution in [3.8, 4) is 5.88 Å². The molecule has 0 fully saturated rings. The van der Waals surface area contributed by atoms with Gasteiger partial charge in [0.1, 0.15) is 12.4 Å². The van der Waals surface area contributed by atoms with Crippen molar-refractivity contribution in [2.24, 2.45) is 5.92 Å². The second kappa shape index (κ2) is 9.63. The van der Waals surface area contributed by atoms with Gasteiger partial charge in [-0.15, -0.1) is 0 Å². The molecule has 3 rings (SSSR count). The first-order valence-electron chi connectivity index (χ1n) is 9.80. The highest BCUT2D eigenvalue weighted by molar-refractivity contribution is 5.96. The number of anilines is 1. The Morgan fingerprint density at radius 1 is 1.12 bits per heavy atom. The lowest BCUT2D eigenvalue weighted by atomic mass is 10.1. The van der Waals surface area contributed by atoms with Crippen LogP contribution in [-0.4, -0.2) is 34.9 Å². The fourth-order valence-corrected chi connectivity index (χ4v) is 2.79. The summed E-state index contributed by atoms with van der Waals surface area (Å²) in [6.07, 6.45) is -3.17. The molecule has 0 aliphatic carbocycles. The second-order valence-corrected chi connectivity index (χ2v) is 7.20. The van der Waals surface area contributed by atoms with Gasteiger partial charge in [0.25, 0.3) is 5.91 Å². The molecule has 3 aromatic rings. The summed E-state index contributed by atoms with van der Waals surface area (Å²) in [7, 11) is 0. The monoisotopic (exact) mass is 446 g/mol. The predicted molar refractivity (Wildman–Crippen MR) is 112 cm³/mol. The number of hydrogen-bond acceptors (Lipinski definition) is 5. The van der Waals surface area contributed by atoms with Crippen molar-refractivity contribution in [2.45, 2.75) is 20.0 Å². The number of carbonyl (C=O) groups is 2. The summed E-state index contributed by atoms with van der Waals surface area (Å²) in [5, 5.41) is 5.19. The van der Waals surface area contributed by atoms with Crippen molar-refractivity contribution in [1.29, 1.82) is 0 Å². The highest BCUT2D eigenvalue weighted by Crippen LogP contribution is 2.36. The summed E-state index contributed by atoms with van der Waals surface area (Å²) in [6, 6.07) is 9.66. The van der Waals surface area contributed by atoms with Gasteiger partial charge in [0, 0.05) is 29.1 Å². The summed E-state index contributed by atoms with van der Waals surface area (Å²) in [5.41, 5.74) is -0.411. The fourth-order valence-electron chi connectivity index (χ4n) is 2.79. The van der Waals surface area contributed by atoms with Gasteiger partial charge in [0.05, 0.1) is 17.6 Å². The molecule has 7 nitrogen and oxygen atoms in total. The number of ether oxygens (including phenoxy) is 1. The molecular formula is C22H21F3N4O3. The Kier molecular flexibility index (Phi) is 6.92. The first-order valence-corrected chi connectivity index (χ1v) is 9.80. The molecule has 0 spiro atoms. The zero-order valence-corrected chi connectivity index (χ0v) is 17.4. The first kappa shape index (κ1) is 23.0. The van der Waals surface area contributed by atoms with Gasteiger partial charge in [-0.25, -0.2) is 9.97 Å². The van der Waals surface area contributed by atoms with Crippen LogP contribution in [0.5, 0.6) is 5.88 Å². The summed E-state index contributed by atoms with van der Waals surface area (Å²) < 4.78 is 45.4. The molecule has 2 aromatic heterocycles. The van der Waals surface area contributed by atoms with Crippen LogP contribution in [0.2, 0.25) is 0 Å². The van der Waals surface area contributed by atoms with Gasteiger partial charge in [0.15, 0.2) is 0 Å². The Labute approximate surface area is 182 Å². The predicted octanol–water partition coefficient (Wildman–Crippen LogP) is 4.05. The minimum Gasteiger partial charge on any atom is -0.476 e. The summed E-state index contributed by atoms with van der Waals surface area (Å²) in [5.74, 6) is -0.864. The molecule has 2 heterocycles. The van der Waals surface area contributed by atoms with Crippen LogP contribution >= 0.6 is 0 Å². The van der Waals surface area contributed by atoms with Gasteiger partial charge in [-0.05, 0) is 18.2 Å². The second-order valence-electron chi connectivity index (χ2n) is 7.20. The van der Waals surface area contributed by atoms with Crippen LogP contribution in [-0.2, 0) is 11.0 Å². The zero-order valence-electron chi connectivity index (χ0n) is 17.4. The normalized spacial score (nSPS) is 11.4. The molecule has 0 aliphatic rings. The Hall–Kier alpha value is -3.69. The Morgan fingerprint density at radius 3 is 2.59 bits per heavy atom. The minimum absolute atomic E-state index is 0.0151. The standard InChI is InChI=1S/C22H21F3N4O3/c1-13(2)20(30)29-18-11-14(7-8-26-18)21(31)27-9-10-32-19-12-16(22(23,24)25)15-5-3-4-6-17(15)28-19/h3-8,11-13H,9-10H2,1-2H3,(H,27,31)(H,26,29,30). The van der Waals surface area contributed by atoms with Crippen molar-refractivity contribution in [1.82, 2.24) is 15.3 Å². The molecule has 0 unspecified atom stereocenters. The maximum Gasteiger partial charge on any atom is 0.417 e. The number of alkyl halides is 3. The lowest BCUT2D eigenvalue weighted by molar-refractivity contribution is -0.136. The zero-order chi connectivity index (χ0) is 23.3. The number of amides is 2. The van der Waals surface area contributed by atoms with Crippen molar-refractivity contribution >= 4 is 28.5 Å². The smallest absolute Gasteiger partial charge is 0.417 e. The molecule has 0 saturated heterocycles. The number of pyridine rings is 2. The van der Waals surface area contributed by atoms with Gasteiger partial charge in [-0.1, -0.05) is 32.0 Å². The average Bonchev–Trinajstić information content (AvgIpc) is 2.75. The first-order chi connectivity index (χ1) is 15.1. The van der Waals surface area contributed by atoms with E-state index in [1.165, 1.54) is 36.5 Å². The van der Waals surface area contributed by atoms with Crippen LogP contribution in [0.4, 0.5) is 19.0 Å². The van der Waals surface area contributed by atoms with Gasteiger partial charge < -0.3 is 15.4 Å². The van der Waals surface area contributed by atoms with Crippen molar-refractivity contribution in [2.75, 3.05) is 18.5 Å². The molecule has 0 bridgehead atoms. The molecular weight excluding hydrogens is 425 g/mol. The number of para-hydroxylation sites is 1. The fraction of sp³-hybridized carbons (Fsp3) is 0.273. The highest BCUT2D eigenvalue weighted by atomic mass is 19.4. The average molecular weight is 446 g/mol. The van der Waals surface area contributed by atoms with E-state index in [-0.39, 0.29) is 53.1 Å². The number of rotatable bonds is 7. The number of nitrogens with zero attached hydrogens (tertiary/aromatic N) is 2. The molecule has 2 N–H and O–H groups in total. The number of nitrogens with one attached hydrogen (secondary N) is 2. The molecule has 2 amide bonds. The maximum atomic E-state index is 13.4. The van der Waals surface area contributed by atoms with E-state index in [0.29, 0.717) is 0 Å². The van der Waals surface area contributed by atoms with Gasteiger partial charge in [-0.2, -0.15) is 13.2 Å². The van der Waals surface area contributed by atoms with Crippen LogP contribution in [0.25, 0.3) is 10.9 Å². The number of aromatic nitrogens is 2. The van der Waals surface area contributed by atoms with E-state index in [1.54, 1.807) is 19.9 Å². The van der Waals surface area contributed by atoms with Crippen molar-refractivity contribution in [3.63, 3.8) is 0 Å². The van der Waals surface area contributed by atoms with Gasteiger partial charge in [0.2, 0.25) is 11.8 Å². The largest absolute Gasteiger partial charge is 0.476 e. The minimum atomic E-state index is -4.56. The highest BCUT2D eigenvalue weighted by Gasteiger charge is 2.33. The van der Waals surface area contributed by atoms with Crippen molar-refractivity contribution < 1.29 is 27.5 Å². The molecule has 0 radical (unpaired) electrons. The Morgan fingerprint density at radius 2 is 1.88 bits per heavy atom. The van der Waals surface area contributed by atoms with E-state index in [4.69, 9.17) is 4.74 Å². The third-order valence-corrected chi connectivity index (χ3v) is 4.43. The quantitative estimate of drug-likeness (QED) is 0.534.